The van der Waals surface area contributed by atoms with Crippen molar-refractivity contribution in [3.8, 4) is 0 Å². The van der Waals surface area contributed by atoms with E-state index in [2.05, 4.69) is 5.32 Å². The van der Waals surface area contributed by atoms with Crippen LogP contribution in [-0.2, 0) is 26.5 Å². The van der Waals surface area contributed by atoms with Crippen molar-refractivity contribution in [2.45, 2.75) is 12.2 Å². The SMILES string of the molecule is O=C1Cc2cc(C3(CCl)OCCO3)ccc2N1. The van der Waals surface area contributed by atoms with E-state index >= 15 is 0 Å². The summed E-state index contributed by atoms with van der Waals surface area (Å²) in [5, 5.41) is 2.79. The van der Waals surface area contributed by atoms with E-state index in [1.54, 1.807) is 0 Å². The van der Waals surface area contributed by atoms with Gasteiger partial charge in [0.2, 0.25) is 11.7 Å². The molecular formula is C12H12ClNO3. The summed E-state index contributed by atoms with van der Waals surface area (Å²) in [6.07, 6.45) is 0.404. The average Bonchev–Trinajstić information content (AvgIpc) is 2.93. The van der Waals surface area contributed by atoms with E-state index in [1.165, 1.54) is 0 Å². The number of fused-ring (bicyclic) bond motifs is 1. The van der Waals surface area contributed by atoms with E-state index in [0.29, 0.717) is 19.6 Å². The Morgan fingerprint density at radius 2 is 2.12 bits per heavy atom. The van der Waals surface area contributed by atoms with E-state index in [1.807, 2.05) is 18.2 Å². The van der Waals surface area contributed by atoms with E-state index < -0.39 is 5.79 Å². The number of rotatable bonds is 2. The molecule has 0 saturated carbocycles. The Morgan fingerprint density at radius 1 is 1.35 bits per heavy atom. The highest BCUT2D eigenvalue weighted by atomic mass is 35.5. The molecule has 1 fully saturated rings. The fraction of sp³-hybridized carbons (Fsp3) is 0.417. The number of hydrogen-bond donors (Lipinski definition) is 1. The summed E-state index contributed by atoms with van der Waals surface area (Å²) in [6, 6.07) is 5.69. The van der Waals surface area contributed by atoms with Gasteiger partial charge in [0.15, 0.2) is 0 Å². The lowest BCUT2D eigenvalue weighted by Crippen LogP contribution is -2.29. The Kier molecular flexibility index (Phi) is 2.58. The number of ether oxygens (including phenoxy) is 2. The lowest BCUT2D eigenvalue weighted by Gasteiger charge is -2.25. The fourth-order valence-electron chi connectivity index (χ4n) is 2.24. The molecule has 3 rings (SSSR count). The van der Waals surface area contributed by atoms with Crippen molar-refractivity contribution >= 4 is 23.2 Å². The average molecular weight is 254 g/mol. The lowest BCUT2D eigenvalue weighted by atomic mass is 10.0. The summed E-state index contributed by atoms with van der Waals surface area (Å²) in [6.45, 7) is 1.09. The van der Waals surface area contributed by atoms with Crippen molar-refractivity contribution in [2.75, 3.05) is 24.4 Å². The van der Waals surface area contributed by atoms with Crippen LogP contribution in [-0.4, -0.2) is 25.0 Å². The highest BCUT2D eigenvalue weighted by Gasteiger charge is 2.38. The van der Waals surface area contributed by atoms with Crippen LogP contribution >= 0.6 is 11.6 Å². The van der Waals surface area contributed by atoms with Crippen molar-refractivity contribution in [1.29, 1.82) is 0 Å². The summed E-state index contributed by atoms with van der Waals surface area (Å²) in [5.74, 6) is -0.583. The molecule has 5 heteroatoms. The maximum absolute atomic E-state index is 11.3. The van der Waals surface area contributed by atoms with Gasteiger partial charge < -0.3 is 14.8 Å². The molecule has 1 N–H and O–H groups in total. The molecule has 0 aliphatic carbocycles. The zero-order valence-corrected chi connectivity index (χ0v) is 9.92. The van der Waals surface area contributed by atoms with Gasteiger partial charge in [-0.25, -0.2) is 0 Å². The number of carbonyl (C=O) groups excluding carboxylic acids is 1. The van der Waals surface area contributed by atoms with Gasteiger partial charge >= 0.3 is 0 Å². The topological polar surface area (TPSA) is 47.6 Å². The summed E-state index contributed by atoms with van der Waals surface area (Å²) in [5.41, 5.74) is 2.71. The Bertz CT molecular complexity index is 469. The van der Waals surface area contributed by atoms with Gasteiger partial charge in [-0.3, -0.25) is 4.79 Å². The molecule has 1 aromatic rings. The zero-order valence-electron chi connectivity index (χ0n) is 9.16. The number of anilines is 1. The number of benzene rings is 1. The fourth-order valence-corrected chi connectivity index (χ4v) is 2.55. The minimum absolute atomic E-state index is 0.0188. The van der Waals surface area contributed by atoms with Crippen LogP contribution in [0.25, 0.3) is 0 Å². The van der Waals surface area contributed by atoms with Crippen LogP contribution in [0.5, 0.6) is 0 Å². The van der Waals surface area contributed by atoms with E-state index in [-0.39, 0.29) is 11.8 Å². The van der Waals surface area contributed by atoms with Gasteiger partial charge in [0.05, 0.1) is 25.5 Å². The van der Waals surface area contributed by atoms with E-state index in [9.17, 15) is 4.79 Å². The lowest BCUT2D eigenvalue weighted by molar-refractivity contribution is -0.146. The van der Waals surface area contributed by atoms with Crippen LogP contribution < -0.4 is 5.32 Å². The number of nitrogens with one attached hydrogen (secondary N) is 1. The van der Waals surface area contributed by atoms with Gasteiger partial charge in [0.1, 0.15) is 0 Å². The Morgan fingerprint density at radius 3 is 2.82 bits per heavy atom. The van der Waals surface area contributed by atoms with Crippen LogP contribution in [0.2, 0.25) is 0 Å². The minimum atomic E-state index is -0.845. The second kappa shape index (κ2) is 3.98. The number of alkyl halides is 1. The third-order valence-electron chi connectivity index (χ3n) is 3.10. The molecule has 0 radical (unpaired) electrons. The van der Waals surface area contributed by atoms with Crippen molar-refractivity contribution in [3.63, 3.8) is 0 Å². The third kappa shape index (κ3) is 1.73. The molecule has 1 saturated heterocycles. The quantitative estimate of drug-likeness (QED) is 0.815. The highest BCUT2D eigenvalue weighted by Crippen LogP contribution is 2.35. The van der Waals surface area contributed by atoms with Gasteiger partial charge in [0, 0.05) is 11.3 Å². The van der Waals surface area contributed by atoms with Crippen LogP contribution in [0.4, 0.5) is 5.69 Å². The molecule has 2 aliphatic heterocycles. The molecule has 17 heavy (non-hydrogen) atoms. The first-order valence-electron chi connectivity index (χ1n) is 5.51. The normalized spacial score (nSPS) is 21.4. The highest BCUT2D eigenvalue weighted by molar-refractivity contribution is 6.18. The molecule has 1 amide bonds. The van der Waals surface area contributed by atoms with Crippen LogP contribution in [0, 0.1) is 0 Å². The van der Waals surface area contributed by atoms with E-state index in [0.717, 1.165) is 16.8 Å². The first-order chi connectivity index (χ1) is 8.23. The first-order valence-corrected chi connectivity index (χ1v) is 6.04. The third-order valence-corrected chi connectivity index (χ3v) is 3.45. The number of amides is 1. The van der Waals surface area contributed by atoms with Gasteiger partial charge in [0.25, 0.3) is 0 Å². The maximum atomic E-state index is 11.3. The standard InChI is InChI=1S/C12H12ClNO3/c13-7-12(16-3-4-17-12)9-1-2-10-8(5-9)6-11(15)14-10/h1-2,5H,3-4,6-7H2,(H,14,15). The van der Waals surface area contributed by atoms with Crippen LogP contribution in [0.1, 0.15) is 11.1 Å². The summed E-state index contributed by atoms with van der Waals surface area (Å²) in [7, 11) is 0. The molecule has 1 aromatic carbocycles. The molecule has 0 unspecified atom stereocenters. The van der Waals surface area contributed by atoms with Gasteiger partial charge in [-0.1, -0.05) is 6.07 Å². The first kappa shape index (κ1) is 11.0. The Hall–Kier alpha value is -1.10. The molecule has 0 bridgehead atoms. The summed E-state index contributed by atoms with van der Waals surface area (Å²) < 4.78 is 11.2. The second-order valence-electron chi connectivity index (χ2n) is 4.18. The van der Waals surface area contributed by atoms with Gasteiger partial charge in [-0.2, -0.15) is 0 Å². The van der Waals surface area contributed by atoms with Crippen molar-refractivity contribution in [3.05, 3.63) is 29.3 Å². The van der Waals surface area contributed by atoms with Crippen molar-refractivity contribution < 1.29 is 14.3 Å². The molecule has 4 nitrogen and oxygen atoms in total. The molecule has 90 valence electrons. The summed E-state index contributed by atoms with van der Waals surface area (Å²) in [4.78, 5) is 11.3. The summed E-state index contributed by atoms with van der Waals surface area (Å²) >= 11 is 5.95. The van der Waals surface area contributed by atoms with Gasteiger partial charge in [-0.15, -0.1) is 11.6 Å². The Labute approximate surface area is 104 Å². The predicted molar refractivity (Wildman–Crippen MR) is 63.1 cm³/mol. The zero-order chi connectivity index (χ0) is 11.9. The smallest absolute Gasteiger partial charge is 0.228 e. The predicted octanol–water partition coefficient (Wildman–Crippen LogP) is 1.62. The molecule has 0 atom stereocenters. The van der Waals surface area contributed by atoms with Gasteiger partial charge in [-0.05, 0) is 17.7 Å². The largest absolute Gasteiger partial charge is 0.342 e. The number of halogens is 1. The monoisotopic (exact) mass is 253 g/mol. The number of hydrogen-bond acceptors (Lipinski definition) is 3. The number of carbonyl (C=O) groups is 1. The Balaban J connectivity index is 1.99. The molecule has 2 heterocycles. The molecular weight excluding hydrogens is 242 g/mol. The van der Waals surface area contributed by atoms with Crippen LogP contribution in [0.15, 0.2) is 18.2 Å². The van der Waals surface area contributed by atoms with Crippen LogP contribution in [0.3, 0.4) is 0 Å². The molecule has 0 aromatic heterocycles. The molecule has 0 spiro atoms. The second-order valence-corrected chi connectivity index (χ2v) is 4.45. The minimum Gasteiger partial charge on any atom is -0.342 e. The molecule has 2 aliphatic rings. The maximum Gasteiger partial charge on any atom is 0.228 e. The van der Waals surface area contributed by atoms with Crippen molar-refractivity contribution in [2.24, 2.45) is 0 Å². The van der Waals surface area contributed by atoms with E-state index in [4.69, 9.17) is 21.1 Å². The van der Waals surface area contributed by atoms with Crippen molar-refractivity contribution in [1.82, 2.24) is 0 Å².